The Bertz CT molecular complexity index is 286. The van der Waals surface area contributed by atoms with Crippen LogP contribution in [0, 0.1) is 0 Å². The molecule has 116 valence electrons. The molecule has 0 aromatic carbocycles. The molecule has 0 spiro atoms. The van der Waals surface area contributed by atoms with Crippen LogP contribution < -0.4 is 0 Å². The van der Waals surface area contributed by atoms with Crippen LogP contribution in [0.4, 0.5) is 0 Å². The van der Waals surface area contributed by atoms with Gasteiger partial charge >= 0.3 is 5.97 Å². The zero-order valence-electron chi connectivity index (χ0n) is 13.1. The van der Waals surface area contributed by atoms with Gasteiger partial charge in [0.1, 0.15) is 6.10 Å². The number of rotatable bonds is 12. The van der Waals surface area contributed by atoms with Gasteiger partial charge in [-0.3, -0.25) is 0 Å². The van der Waals surface area contributed by atoms with Gasteiger partial charge in [0.05, 0.1) is 12.7 Å². The largest absolute Gasteiger partial charge is 0.463 e. The number of esters is 1. The van der Waals surface area contributed by atoms with Crippen molar-refractivity contribution in [1.29, 1.82) is 0 Å². The lowest BCUT2D eigenvalue weighted by atomic mass is 10.1. The van der Waals surface area contributed by atoms with Crippen LogP contribution in [-0.4, -0.2) is 24.8 Å². The Hall–Kier alpha value is -0.830. The van der Waals surface area contributed by atoms with Crippen molar-refractivity contribution >= 4 is 5.97 Å². The van der Waals surface area contributed by atoms with Crippen LogP contribution in [0.15, 0.2) is 12.2 Å². The maximum absolute atomic E-state index is 11.1. The van der Waals surface area contributed by atoms with E-state index in [0.717, 1.165) is 6.42 Å². The fourth-order valence-corrected chi connectivity index (χ4v) is 2.40. The van der Waals surface area contributed by atoms with Crippen molar-refractivity contribution in [3.63, 3.8) is 0 Å². The topological polar surface area (TPSA) is 38.8 Å². The highest BCUT2D eigenvalue weighted by Gasteiger charge is 2.35. The predicted molar refractivity (Wildman–Crippen MR) is 81.7 cm³/mol. The lowest BCUT2D eigenvalue weighted by molar-refractivity contribution is -0.137. The molecular formula is C17H30O3. The second-order valence-corrected chi connectivity index (χ2v) is 5.51. The Morgan fingerprint density at radius 1 is 1.05 bits per heavy atom. The van der Waals surface area contributed by atoms with Crippen LogP contribution in [0.5, 0.6) is 0 Å². The third-order valence-electron chi connectivity index (χ3n) is 3.67. The first-order chi connectivity index (χ1) is 9.77. The molecule has 0 saturated carbocycles. The molecule has 20 heavy (non-hydrogen) atoms. The highest BCUT2D eigenvalue weighted by molar-refractivity contribution is 5.82. The number of carbonyl (C=O) groups is 1. The van der Waals surface area contributed by atoms with E-state index in [4.69, 9.17) is 9.47 Å². The number of epoxide rings is 1. The van der Waals surface area contributed by atoms with Gasteiger partial charge in [-0.1, -0.05) is 58.3 Å². The molecule has 0 aliphatic carbocycles. The quantitative estimate of drug-likeness (QED) is 0.230. The average molecular weight is 282 g/mol. The van der Waals surface area contributed by atoms with Crippen LogP contribution in [-0.2, 0) is 14.3 Å². The van der Waals surface area contributed by atoms with Gasteiger partial charge in [-0.2, -0.15) is 0 Å². The minimum absolute atomic E-state index is 0.143. The van der Waals surface area contributed by atoms with Crippen molar-refractivity contribution in [3.8, 4) is 0 Å². The summed E-state index contributed by atoms with van der Waals surface area (Å²) in [4.78, 5) is 11.1. The minimum atomic E-state index is -0.270. The Kier molecular flexibility index (Phi) is 9.38. The average Bonchev–Trinajstić information content (AvgIpc) is 3.18. The lowest BCUT2D eigenvalue weighted by Crippen LogP contribution is -2.00. The molecular weight excluding hydrogens is 252 g/mol. The monoisotopic (exact) mass is 282 g/mol. The van der Waals surface area contributed by atoms with E-state index in [1.165, 1.54) is 57.4 Å². The molecule has 0 radical (unpaired) electrons. The second kappa shape index (κ2) is 10.9. The van der Waals surface area contributed by atoms with Gasteiger partial charge in [-0.05, 0) is 19.4 Å². The number of unbranched alkanes of at least 4 members (excludes halogenated alkanes) is 7. The standard InChI is InChI=1S/C17H30O3/c1-3-5-6-7-8-9-10-11-12-15-16(20-15)13-14-17(18)19-4-2/h13-16H,3-12H2,1-2H3/b14-13+/t15-,16+/m1/s1. The zero-order valence-corrected chi connectivity index (χ0v) is 13.1. The van der Waals surface area contributed by atoms with Crippen LogP contribution in [0.2, 0.25) is 0 Å². The first kappa shape index (κ1) is 17.2. The summed E-state index contributed by atoms with van der Waals surface area (Å²) in [7, 11) is 0. The molecule has 0 aromatic rings. The molecule has 1 aliphatic heterocycles. The Labute approximate surface area is 123 Å². The predicted octanol–water partition coefficient (Wildman–Crippen LogP) is 4.40. The van der Waals surface area contributed by atoms with Gasteiger partial charge in [0, 0.05) is 6.08 Å². The number of hydrogen-bond donors (Lipinski definition) is 0. The summed E-state index contributed by atoms with van der Waals surface area (Å²) in [6, 6.07) is 0. The van der Waals surface area contributed by atoms with Gasteiger partial charge < -0.3 is 9.47 Å². The molecule has 3 heteroatoms. The Balaban J connectivity index is 1.89. The number of ether oxygens (including phenoxy) is 2. The third kappa shape index (κ3) is 8.36. The highest BCUT2D eigenvalue weighted by atomic mass is 16.6. The van der Waals surface area contributed by atoms with Gasteiger partial charge in [-0.15, -0.1) is 0 Å². The third-order valence-corrected chi connectivity index (χ3v) is 3.67. The summed E-state index contributed by atoms with van der Waals surface area (Å²) in [5.41, 5.74) is 0. The molecule has 0 aromatic heterocycles. The van der Waals surface area contributed by atoms with Gasteiger partial charge in [0.25, 0.3) is 0 Å². The summed E-state index contributed by atoms with van der Waals surface area (Å²) in [5, 5.41) is 0. The lowest BCUT2D eigenvalue weighted by Gasteiger charge is -2.00. The Morgan fingerprint density at radius 3 is 2.35 bits per heavy atom. The van der Waals surface area contributed by atoms with E-state index in [1.807, 2.05) is 13.0 Å². The fourth-order valence-electron chi connectivity index (χ4n) is 2.40. The van der Waals surface area contributed by atoms with Gasteiger partial charge in [0.2, 0.25) is 0 Å². The maximum atomic E-state index is 11.1. The van der Waals surface area contributed by atoms with Crippen LogP contribution in [0.1, 0.15) is 71.6 Å². The van der Waals surface area contributed by atoms with Crippen LogP contribution in [0.25, 0.3) is 0 Å². The van der Waals surface area contributed by atoms with Crippen LogP contribution >= 0.6 is 0 Å². The molecule has 1 rings (SSSR count). The van der Waals surface area contributed by atoms with E-state index in [0.29, 0.717) is 12.7 Å². The van der Waals surface area contributed by atoms with E-state index in [2.05, 4.69) is 6.92 Å². The normalized spacial score (nSPS) is 21.3. The molecule has 0 unspecified atom stereocenters. The van der Waals surface area contributed by atoms with Crippen molar-refractivity contribution in [2.24, 2.45) is 0 Å². The summed E-state index contributed by atoms with van der Waals surface area (Å²) in [5.74, 6) is -0.270. The van der Waals surface area contributed by atoms with E-state index in [9.17, 15) is 4.79 Å². The van der Waals surface area contributed by atoms with Crippen molar-refractivity contribution in [2.45, 2.75) is 83.8 Å². The van der Waals surface area contributed by atoms with Crippen molar-refractivity contribution in [3.05, 3.63) is 12.2 Å². The van der Waals surface area contributed by atoms with Gasteiger partial charge in [-0.25, -0.2) is 4.79 Å². The number of hydrogen-bond acceptors (Lipinski definition) is 3. The summed E-state index contributed by atoms with van der Waals surface area (Å²) in [6.07, 6.45) is 15.7. The summed E-state index contributed by atoms with van der Waals surface area (Å²) >= 11 is 0. The van der Waals surface area contributed by atoms with E-state index >= 15 is 0 Å². The minimum Gasteiger partial charge on any atom is -0.463 e. The second-order valence-electron chi connectivity index (χ2n) is 5.51. The molecule has 1 fully saturated rings. The number of carbonyl (C=O) groups excluding carboxylic acids is 1. The SMILES string of the molecule is CCCCCCCCCC[C@H]1O[C@H]1/C=C/C(=O)OCC. The molecule has 1 saturated heterocycles. The maximum Gasteiger partial charge on any atom is 0.330 e. The van der Waals surface area contributed by atoms with Crippen molar-refractivity contribution in [2.75, 3.05) is 6.61 Å². The molecule has 0 amide bonds. The first-order valence-electron chi connectivity index (χ1n) is 8.28. The smallest absolute Gasteiger partial charge is 0.330 e. The zero-order chi connectivity index (χ0) is 14.6. The van der Waals surface area contributed by atoms with Crippen molar-refractivity contribution in [1.82, 2.24) is 0 Å². The molecule has 1 aliphatic rings. The first-order valence-corrected chi connectivity index (χ1v) is 8.28. The van der Waals surface area contributed by atoms with Crippen molar-refractivity contribution < 1.29 is 14.3 Å². The fraction of sp³-hybridized carbons (Fsp3) is 0.824. The summed E-state index contributed by atoms with van der Waals surface area (Å²) < 4.78 is 10.3. The molecule has 2 atom stereocenters. The molecule has 3 nitrogen and oxygen atoms in total. The molecule has 1 heterocycles. The van der Waals surface area contributed by atoms with Gasteiger partial charge in [0.15, 0.2) is 0 Å². The molecule has 0 bridgehead atoms. The molecule has 0 N–H and O–H groups in total. The van der Waals surface area contributed by atoms with E-state index in [-0.39, 0.29) is 12.1 Å². The van der Waals surface area contributed by atoms with E-state index < -0.39 is 0 Å². The summed E-state index contributed by atoms with van der Waals surface area (Å²) in [6.45, 7) is 4.49. The van der Waals surface area contributed by atoms with Crippen LogP contribution in [0.3, 0.4) is 0 Å². The Morgan fingerprint density at radius 2 is 1.70 bits per heavy atom. The highest BCUT2D eigenvalue weighted by Crippen LogP contribution is 2.28. The van der Waals surface area contributed by atoms with E-state index in [1.54, 1.807) is 0 Å².